The van der Waals surface area contributed by atoms with Gasteiger partial charge in [-0.2, -0.15) is 5.10 Å². The number of benzene rings is 1. The minimum Gasteiger partial charge on any atom is -0.497 e. The summed E-state index contributed by atoms with van der Waals surface area (Å²) >= 11 is 0. The SMILES string of the molecule is COc1cccc(CN(C)c2nnccc2/C(N)=N/O)c1. The van der Waals surface area contributed by atoms with Gasteiger partial charge >= 0.3 is 0 Å². The van der Waals surface area contributed by atoms with Crippen LogP contribution < -0.4 is 15.4 Å². The zero-order valence-corrected chi connectivity index (χ0v) is 11.9. The van der Waals surface area contributed by atoms with Crippen LogP contribution in [0.25, 0.3) is 0 Å². The molecular weight excluding hydrogens is 270 g/mol. The van der Waals surface area contributed by atoms with Crippen LogP contribution in [-0.4, -0.2) is 35.4 Å². The van der Waals surface area contributed by atoms with E-state index in [4.69, 9.17) is 15.7 Å². The first-order valence-corrected chi connectivity index (χ1v) is 6.29. The Balaban J connectivity index is 2.26. The summed E-state index contributed by atoms with van der Waals surface area (Å²) in [4.78, 5) is 1.87. The van der Waals surface area contributed by atoms with E-state index in [2.05, 4.69) is 15.4 Å². The van der Waals surface area contributed by atoms with E-state index in [0.29, 0.717) is 17.9 Å². The average molecular weight is 287 g/mol. The number of hydrogen-bond donors (Lipinski definition) is 2. The van der Waals surface area contributed by atoms with Crippen molar-refractivity contribution in [2.45, 2.75) is 6.54 Å². The van der Waals surface area contributed by atoms with Crippen LogP contribution in [0.1, 0.15) is 11.1 Å². The third kappa shape index (κ3) is 3.38. The minimum absolute atomic E-state index is 0.00241. The summed E-state index contributed by atoms with van der Waals surface area (Å²) in [7, 11) is 3.49. The average Bonchev–Trinajstić information content (AvgIpc) is 2.54. The molecule has 0 amide bonds. The maximum Gasteiger partial charge on any atom is 0.173 e. The normalized spacial score (nSPS) is 11.2. The Morgan fingerprint density at radius 1 is 1.43 bits per heavy atom. The lowest BCUT2D eigenvalue weighted by atomic mass is 10.2. The second-order valence-electron chi connectivity index (χ2n) is 4.46. The molecule has 0 saturated heterocycles. The van der Waals surface area contributed by atoms with Crippen molar-refractivity contribution in [2.75, 3.05) is 19.1 Å². The topological polar surface area (TPSA) is 96.9 Å². The molecule has 21 heavy (non-hydrogen) atoms. The van der Waals surface area contributed by atoms with Gasteiger partial charge in [0.1, 0.15) is 5.75 Å². The van der Waals surface area contributed by atoms with Gasteiger partial charge in [0.15, 0.2) is 11.7 Å². The number of nitrogens with zero attached hydrogens (tertiary/aromatic N) is 4. The van der Waals surface area contributed by atoms with Crippen LogP contribution in [0.4, 0.5) is 5.82 Å². The smallest absolute Gasteiger partial charge is 0.173 e. The number of ether oxygens (including phenoxy) is 1. The second-order valence-corrected chi connectivity index (χ2v) is 4.46. The third-order valence-electron chi connectivity index (χ3n) is 3.00. The van der Waals surface area contributed by atoms with Crippen molar-refractivity contribution in [2.24, 2.45) is 10.9 Å². The highest BCUT2D eigenvalue weighted by molar-refractivity contribution is 6.01. The van der Waals surface area contributed by atoms with Crippen molar-refractivity contribution in [3.63, 3.8) is 0 Å². The molecule has 0 saturated carbocycles. The van der Waals surface area contributed by atoms with E-state index < -0.39 is 0 Å². The van der Waals surface area contributed by atoms with Crippen LogP contribution in [0.5, 0.6) is 5.75 Å². The molecule has 0 fully saturated rings. The maximum absolute atomic E-state index is 8.83. The van der Waals surface area contributed by atoms with Crippen LogP contribution in [0.15, 0.2) is 41.7 Å². The summed E-state index contributed by atoms with van der Waals surface area (Å²) in [6.07, 6.45) is 1.50. The quantitative estimate of drug-likeness (QED) is 0.371. The van der Waals surface area contributed by atoms with E-state index in [9.17, 15) is 0 Å². The van der Waals surface area contributed by atoms with Crippen molar-refractivity contribution in [1.29, 1.82) is 0 Å². The molecule has 110 valence electrons. The Hall–Kier alpha value is -2.83. The van der Waals surface area contributed by atoms with Gasteiger partial charge in [-0.05, 0) is 23.8 Å². The van der Waals surface area contributed by atoms with Gasteiger partial charge in [0, 0.05) is 13.6 Å². The predicted octanol–water partition coefficient (Wildman–Crippen LogP) is 1.22. The summed E-state index contributed by atoms with van der Waals surface area (Å²) in [5.74, 6) is 1.32. The molecule has 0 aliphatic rings. The molecule has 0 radical (unpaired) electrons. The van der Waals surface area contributed by atoms with E-state index in [1.807, 2.05) is 36.2 Å². The Kier molecular flexibility index (Phi) is 4.55. The Labute approximate surface area is 122 Å². The van der Waals surface area contributed by atoms with E-state index in [1.54, 1.807) is 13.2 Å². The number of methoxy groups -OCH3 is 1. The molecule has 0 atom stereocenters. The highest BCUT2D eigenvalue weighted by atomic mass is 16.5. The molecule has 0 bridgehead atoms. The van der Waals surface area contributed by atoms with Crippen molar-refractivity contribution in [3.8, 4) is 5.75 Å². The highest BCUT2D eigenvalue weighted by Gasteiger charge is 2.13. The van der Waals surface area contributed by atoms with Crippen molar-refractivity contribution >= 4 is 11.7 Å². The largest absolute Gasteiger partial charge is 0.497 e. The van der Waals surface area contributed by atoms with Gasteiger partial charge in [0.25, 0.3) is 0 Å². The molecule has 1 aromatic carbocycles. The molecule has 7 nitrogen and oxygen atoms in total. The number of oxime groups is 1. The lowest BCUT2D eigenvalue weighted by molar-refractivity contribution is 0.318. The Morgan fingerprint density at radius 3 is 2.95 bits per heavy atom. The molecule has 0 aliphatic carbocycles. The summed E-state index contributed by atoms with van der Waals surface area (Å²) in [5.41, 5.74) is 7.23. The molecule has 3 N–H and O–H groups in total. The van der Waals surface area contributed by atoms with Crippen molar-refractivity contribution in [1.82, 2.24) is 10.2 Å². The van der Waals surface area contributed by atoms with Gasteiger partial charge in [-0.15, -0.1) is 5.10 Å². The fourth-order valence-electron chi connectivity index (χ4n) is 1.98. The summed E-state index contributed by atoms with van der Waals surface area (Å²) in [6.45, 7) is 0.585. The maximum atomic E-state index is 8.83. The third-order valence-corrected chi connectivity index (χ3v) is 3.00. The lowest BCUT2D eigenvalue weighted by Crippen LogP contribution is -2.24. The highest BCUT2D eigenvalue weighted by Crippen LogP contribution is 2.19. The van der Waals surface area contributed by atoms with Crippen LogP contribution >= 0.6 is 0 Å². The molecule has 2 aromatic rings. The molecule has 2 rings (SSSR count). The monoisotopic (exact) mass is 287 g/mol. The van der Waals surface area contributed by atoms with Crippen LogP contribution in [0, 0.1) is 0 Å². The van der Waals surface area contributed by atoms with E-state index in [0.717, 1.165) is 11.3 Å². The number of hydrogen-bond acceptors (Lipinski definition) is 6. The van der Waals surface area contributed by atoms with Gasteiger partial charge in [-0.3, -0.25) is 0 Å². The fraction of sp³-hybridized carbons (Fsp3) is 0.214. The lowest BCUT2D eigenvalue weighted by Gasteiger charge is -2.20. The minimum atomic E-state index is -0.00241. The zero-order chi connectivity index (χ0) is 15.2. The van der Waals surface area contributed by atoms with E-state index in [-0.39, 0.29) is 5.84 Å². The van der Waals surface area contributed by atoms with Gasteiger partial charge in [0.05, 0.1) is 18.9 Å². The predicted molar refractivity (Wildman–Crippen MR) is 79.6 cm³/mol. The first-order valence-electron chi connectivity index (χ1n) is 6.29. The van der Waals surface area contributed by atoms with Crippen molar-refractivity contribution in [3.05, 3.63) is 47.7 Å². The van der Waals surface area contributed by atoms with Crippen molar-refractivity contribution < 1.29 is 9.94 Å². The van der Waals surface area contributed by atoms with Gasteiger partial charge in [0.2, 0.25) is 0 Å². The first kappa shape index (κ1) is 14.6. The van der Waals surface area contributed by atoms with Gasteiger partial charge in [-0.1, -0.05) is 17.3 Å². The Bertz CT molecular complexity index is 645. The first-order chi connectivity index (χ1) is 10.2. The summed E-state index contributed by atoms with van der Waals surface area (Å²) < 4.78 is 5.20. The summed E-state index contributed by atoms with van der Waals surface area (Å²) in [6, 6.07) is 9.38. The van der Waals surface area contributed by atoms with Gasteiger partial charge < -0.3 is 20.6 Å². The van der Waals surface area contributed by atoms with E-state index >= 15 is 0 Å². The van der Waals surface area contributed by atoms with Gasteiger partial charge in [-0.25, -0.2) is 0 Å². The van der Waals surface area contributed by atoms with E-state index in [1.165, 1.54) is 6.20 Å². The Morgan fingerprint density at radius 2 is 2.24 bits per heavy atom. The fourth-order valence-corrected chi connectivity index (χ4v) is 1.98. The van der Waals surface area contributed by atoms with Crippen LogP contribution in [0.3, 0.4) is 0 Å². The molecule has 1 aromatic heterocycles. The molecular formula is C14H17N5O2. The number of nitrogens with two attached hydrogens (primary N) is 1. The molecule has 1 heterocycles. The standard InChI is InChI=1S/C14H17N5O2/c1-19(9-10-4-3-5-11(8-10)21-2)14-12(13(15)18-20)6-7-16-17-14/h3-8,20H,9H2,1-2H3,(H2,15,18). The summed E-state index contributed by atoms with van der Waals surface area (Å²) in [5, 5.41) is 19.8. The number of amidine groups is 1. The second kappa shape index (κ2) is 6.56. The van der Waals surface area contributed by atoms with Crippen LogP contribution in [-0.2, 0) is 6.54 Å². The zero-order valence-electron chi connectivity index (χ0n) is 11.9. The number of aromatic nitrogens is 2. The molecule has 0 spiro atoms. The van der Waals surface area contributed by atoms with Crippen LogP contribution in [0.2, 0.25) is 0 Å². The number of rotatable bonds is 5. The number of anilines is 1. The molecule has 0 aliphatic heterocycles. The molecule has 7 heteroatoms. The molecule has 0 unspecified atom stereocenters.